The molecule has 0 spiro atoms. The van der Waals surface area contributed by atoms with Crippen LogP contribution in [-0.2, 0) is 0 Å². The van der Waals surface area contributed by atoms with Gasteiger partial charge in [0.25, 0.3) is 0 Å². The fourth-order valence-electron chi connectivity index (χ4n) is 1.44. The fraction of sp³-hybridized carbons (Fsp3) is 0.250. The van der Waals surface area contributed by atoms with E-state index in [1.54, 1.807) is 0 Å². The van der Waals surface area contributed by atoms with Gasteiger partial charge in [0.2, 0.25) is 0 Å². The first kappa shape index (κ1) is 12.7. The molecular weight excluding hydrogens is 303 g/mol. The third kappa shape index (κ3) is 2.91. The number of hydrogen-bond acceptors (Lipinski definition) is 3. The van der Waals surface area contributed by atoms with Gasteiger partial charge in [0.05, 0.1) is 5.69 Å². The molecule has 1 N–H and O–H groups in total. The highest BCUT2D eigenvalue weighted by Crippen LogP contribution is 2.28. The summed E-state index contributed by atoms with van der Waals surface area (Å²) in [5.41, 5.74) is 1.78. The summed E-state index contributed by atoms with van der Waals surface area (Å²) in [6, 6.07) is 5.01. The normalized spacial score (nSPS) is 12.7. The van der Waals surface area contributed by atoms with Crippen LogP contribution < -0.4 is 5.32 Å². The highest BCUT2D eigenvalue weighted by atomic mass is 79.9. The third-order valence-electron chi connectivity index (χ3n) is 2.51. The lowest BCUT2D eigenvalue weighted by Crippen LogP contribution is -2.12. The van der Waals surface area contributed by atoms with Gasteiger partial charge in [0, 0.05) is 21.5 Å². The largest absolute Gasteiger partial charge is 0.312 e. The number of rotatable bonds is 3. The second kappa shape index (κ2) is 5.25. The molecule has 0 saturated carbocycles. The zero-order valence-electron chi connectivity index (χ0n) is 9.50. The second-order valence-electron chi connectivity index (χ2n) is 3.75. The van der Waals surface area contributed by atoms with Crippen LogP contribution in [-0.4, -0.2) is 12.0 Å². The minimum Gasteiger partial charge on any atom is -0.312 e. The lowest BCUT2D eigenvalue weighted by Gasteiger charge is -2.05. The van der Waals surface area contributed by atoms with Crippen LogP contribution in [0.4, 0.5) is 4.39 Å². The number of halogens is 2. The van der Waals surface area contributed by atoms with Gasteiger partial charge in [-0.2, -0.15) is 0 Å². The molecule has 2 nitrogen and oxygen atoms in total. The zero-order valence-corrected chi connectivity index (χ0v) is 11.9. The number of nitrogens with zero attached hydrogens (tertiary/aromatic N) is 1. The first-order valence-corrected chi connectivity index (χ1v) is 6.86. The first-order valence-electron chi connectivity index (χ1n) is 5.19. The lowest BCUT2D eigenvalue weighted by molar-refractivity contribution is 0.627. The number of nitrogens with one attached hydrogen (secondary N) is 1. The number of aromatic nitrogens is 1. The molecule has 17 heavy (non-hydrogen) atoms. The van der Waals surface area contributed by atoms with E-state index in [9.17, 15) is 4.39 Å². The Morgan fingerprint density at radius 2 is 2.18 bits per heavy atom. The molecule has 5 heteroatoms. The summed E-state index contributed by atoms with van der Waals surface area (Å²) in [5.74, 6) is -0.257. The molecule has 1 heterocycles. The van der Waals surface area contributed by atoms with Crippen molar-refractivity contribution in [3.63, 3.8) is 0 Å². The van der Waals surface area contributed by atoms with Crippen molar-refractivity contribution in [2.75, 3.05) is 7.05 Å². The molecule has 0 radical (unpaired) electrons. The average Bonchev–Trinajstić information content (AvgIpc) is 2.76. The molecular formula is C12H12BrFN2S. The van der Waals surface area contributed by atoms with E-state index in [-0.39, 0.29) is 11.9 Å². The predicted molar refractivity (Wildman–Crippen MR) is 72.7 cm³/mol. The maximum Gasteiger partial charge on any atom is 0.125 e. The summed E-state index contributed by atoms with van der Waals surface area (Å²) in [6.07, 6.45) is 0. The van der Waals surface area contributed by atoms with Crippen LogP contribution in [0.3, 0.4) is 0 Å². The topological polar surface area (TPSA) is 24.9 Å². The van der Waals surface area contributed by atoms with Crippen LogP contribution in [0.25, 0.3) is 10.6 Å². The van der Waals surface area contributed by atoms with Crippen LogP contribution in [0.5, 0.6) is 0 Å². The van der Waals surface area contributed by atoms with Gasteiger partial charge in [-0.05, 0) is 32.2 Å². The summed E-state index contributed by atoms with van der Waals surface area (Å²) in [4.78, 5) is 4.50. The molecule has 0 fully saturated rings. The molecule has 1 aromatic carbocycles. The van der Waals surface area contributed by atoms with Gasteiger partial charge in [0.1, 0.15) is 10.8 Å². The Labute approximate surface area is 112 Å². The summed E-state index contributed by atoms with van der Waals surface area (Å²) in [6.45, 7) is 2.04. The van der Waals surface area contributed by atoms with E-state index in [1.165, 1.54) is 23.5 Å². The minimum absolute atomic E-state index is 0.206. The summed E-state index contributed by atoms with van der Waals surface area (Å²) >= 11 is 4.81. The summed E-state index contributed by atoms with van der Waals surface area (Å²) in [5, 5.41) is 5.96. The van der Waals surface area contributed by atoms with E-state index in [0.717, 1.165) is 20.7 Å². The fourth-order valence-corrected chi connectivity index (χ4v) is 2.81. The molecule has 1 unspecified atom stereocenters. The zero-order chi connectivity index (χ0) is 12.4. The van der Waals surface area contributed by atoms with Crippen LogP contribution in [0, 0.1) is 5.82 Å². The van der Waals surface area contributed by atoms with E-state index in [4.69, 9.17) is 0 Å². The van der Waals surface area contributed by atoms with Crippen LogP contribution in [0.15, 0.2) is 28.1 Å². The summed E-state index contributed by atoms with van der Waals surface area (Å²) < 4.78 is 14.0. The van der Waals surface area contributed by atoms with E-state index in [0.29, 0.717) is 0 Å². The van der Waals surface area contributed by atoms with E-state index in [2.05, 4.69) is 26.2 Å². The van der Waals surface area contributed by atoms with Gasteiger partial charge in [0.15, 0.2) is 0 Å². The highest BCUT2D eigenvalue weighted by Gasteiger charge is 2.10. The third-order valence-corrected chi connectivity index (χ3v) is 3.88. The van der Waals surface area contributed by atoms with Crippen LogP contribution >= 0.6 is 27.3 Å². The predicted octanol–water partition coefficient (Wildman–Crippen LogP) is 3.99. The van der Waals surface area contributed by atoms with E-state index >= 15 is 0 Å². The first-order chi connectivity index (χ1) is 8.10. The lowest BCUT2D eigenvalue weighted by atomic mass is 10.2. The minimum atomic E-state index is -0.257. The Kier molecular flexibility index (Phi) is 3.91. The number of hydrogen-bond donors (Lipinski definition) is 1. The maximum absolute atomic E-state index is 13.3. The quantitative estimate of drug-likeness (QED) is 0.926. The Hall–Kier alpha value is -0.780. The van der Waals surface area contributed by atoms with Crippen LogP contribution in [0.2, 0.25) is 0 Å². The standard InChI is InChI=1S/C12H12BrFN2S/c1-7(15-2)11-6-17-12(16-11)8-3-9(13)5-10(14)4-8/h3-7,15H,1-2H3. The molecule has 0 aliphatic rings. The van der Waals surface area contributed by atoms with Crippen molar-refractivity contribution in [2.45, 2.75) is 13.0 Å². The van der Waals surface area contributed by atoms with Gasteiger partial charge in [-0.25, -0.2) is 9.37 Å². The van der Waals surface area contributed by atoms with E-state index in [1.807, 2.05) is 25.4 Å². The van der Waals surface area contributed by atoms with Crippen molar-refractivity contribution in [1.82, 2.24) is 10.3 Å². The molecule has 0 bridgehead atoms. The summed E-state index contributed by atoms with van der Waals surface area (Å²) in [7, 11) is 1.89. The number of benzene rings is 1. The molecule has 0 aliphatic carbocycles. The molecule has 1 aromatic heterocycles. The van der Waals surface area contributed by atoms with Gasteiger partial charge in [-0.15, -0.1) is 11.3 Å². The SMILES string of the molecule is CNC(C)c1csc(-c2cc(F)cc(Br)c2)n1. The van der Waals surface area contributed by atoms with Crippen LogP contribution in [0.1, 0.15) is 18.7 Å². The highest BCUT2D eigenvalue weighted by molar-refractivity contribution is 9.10. The Morgan fingerprint density at radius 1 is 1.41 bits per heavy atom. The van der Waals surface area contributed by atoms with Crippen molar-refractivity contribution >= 4 is 27.3 Å². The Morgan fingerprint density at radius 3 is 2.82 bits per heavy atom. The molecule has 0 aliphatic heterocycles. The molecule has 2 aromatic rings. The Balaban J connectivity index is 2.36. The maximum atomic E-state index is 13.3. The monoisotopic (exact) mass is 314 g/mol. The van der Waals surface area contributed by atoms with Crippen molar-refractivity contribution in [3.05, 3.63) is 39.6 Å². The average molecular weight is 315 g/mol. The second-order valence-corrected chi connectivity index (χ2v) is 5.52. The molecule has 0 saturated heterocycles. The van der Waals surface area contributed by atoms with Crippen molar-refractivity contribution in [2.24, 2.45) is 0 Å². The van der Waals surface area contributed by atoms with Gasteiger partial charge in [-0.3, -0.25) is 0 Å². The number of thiazole rings is 1. The smallest absolute Gasteiger partial charge is 0.125 e. The van der Waals surface area contributed by atoms with E-state index < -0.39 is 0 Å². The molecule has 1 atom stereocenters. The van der Waals surface area contributed by atoms with Crippen molar-refractivity contribution in [1.29, 1.82) is 0 Å². The van der Waals surface area contributed by atoms with Gasteiger partial charge < -0.3 is 5.32 Å². The molecule has 90 valence electrons. The van der Waals surface area contributed by atoms with Gasteiger partial charge in [-0.1, -0.05) is 15.9 Å². The van der Waals surface area contributed by atoms with Crippen molar-refractivity contribution < 1.29 is 4.39 Å². The molecule has 2 rings (SSSR count). The molecule has 0 amide bonds. The Bertz CT molecular complexity index is 507. The van der Waals surface area contributed by atoms with Gasteiger partial charge >= 0.3 is 0 Å². The van der Waals surface area contributed by atoms with Crippen molar-refractivity contribution in [3.8, 4) is 10.6 Å².